The average molecular weight is 779 g/mol. The van der Waals surface area contributed by atoms with Gasteiger partial charge < -0.3 is 4.90 Å². The molecule has 2 aliphatic heterocycles. The predicted octanol–water partition coefficient (Wildman–Crippen LogP) is 9.06. The van der Waals surface area contributed by atoms with Crippen molar-refractivity contribution in [3.8, 4) is 0 Å². The summed E-state index contributed by atoms with van der Waals surface area (Å²) in [6.07, 6.45) is 25.2. The second-order valence-electron chi connectivity index (χ2n) is 15.0. The first kappa shape index (κ1) is 45.1. The van der Waals surface area contributed by atoms with Gasteiger partial charge in [0, 0.05) is 34.9 Å². The molecule has 2 aliphatic rings. The monoisotopic (exact) mass is 778 g/mol. The molecule has 0 bridgehead atoms. The summed E-state index contributed by atoms with van der Waals surface area (Å²) in [5, 5.41) is 0. The maximum absolute atomic E-state index is 12.0. The average Bonchev–Trinajstić information content (AvgIpc) is 3.64. The number of rotatable bonds is 14. The summed E-state index contributed by atoms with van der Waals surface area (Å²) in [6, 6.07) is 28.9. The van der Waals surface area contributed by atoms with Gasteiger partial charge in [0.15, 0.2) is 24.8 Å². The maximum atomic E-state index is 12.0. The molecule has 0 spiro atoms. The highest BCUT2D eigenvalue weighted by Crippen LogP contribution is 2.54. The van der Waals surface area contributed by atoms with E-state index in [4.69, 9.17) is 0 Å². The van der Waals surface area contributed by atoms with Crippen LogP contribution in [0.15, 0.2) is 145 Å². The van der Waals surface area contributed by atoms with E-state index in [1.54, 1.807) is 0 Å². The summed E-state index contributed by atoms with van der Waals surface area (Å²) >= 11 is 0. The summed E-state index contributed by atoms with van der Waals surface area (Å²) in [5.41, 5.74) is 9.41. The van der Waals surface area contributed by atoms with Gasteiger partial charge >= 0.3 is 0 Å². The standard InChI is InChI=1S/C48H51N3O3.2C2H6/c1-35(40-7-5-25-49(2)27-21-40)46(42-17-13-38(33-53)14-18-42)48(43-19-15-39(34-54)16-20-43)47(44-23-29-51(4)30-24-44)45(41-8-6-26-50(3)28-22-41)31-36-9-11-37(32-52)12-10-36;2*1-2/h5-6,9-26,28-30,32-35,45-48H,7-8,27,31H2,1-4H3;2*1-2H3/q+2;;/p+1. The van der Waals surface area contributed by atoms with Crippen molar-refractivity contribution in [1.29, 1.82) is 0 Å². The number of likely N-dealkylation sites (N-methyl/N-ethyl adjacent to an activating group) is 1. The molecule has 1 N–H and O–H groups in total. The van der Waals surface area contributed by atoms with E-state index in [2.05, 4.69) is 141 Å². The third kappa shape index (κ3) is 11.7. The van der Waals surface area contributed by atoms with Crippen molar-refractivity contribution in [3.05, 3.63) is 184 Å². The van der Waals surface area contributed by atoms with Crippen LogP contribution in [0.3, 0.4) is 0 Å². The number of aromatic nitrogens is 1. The van der Waals surface area contributed by atoms with E-state index in [1.165, 1.54) is 27.2 Å². The first-order valence-corrected chi connectivity index (χ1v) is 21.0. The van der Waals surface area contributed by atoms with E-state index in [0.717, 1.165) is 55.8 Å². The minimum Gasteiger partial charge on any atom is -0.308 e. The summed E-state index contributed by atoms with van der Waals surface area (Å²) in [6.45, 7) is 11.3. The molecule has 0 saturated carbocycles. The summed E-state index contributed by atoms with van der Waals surface area (Å²) in [7, 11) is 6.30. The minimum absolute atomic E-state index is 0.00157. The fourth-order valence-corrected chi connectivity index (χ4v) is 8.34. The Labute approximate surface area is 347 Å². The molecule has 0 radical (unpaired) electrons. The Morgan fingerprint density at radius 1 is 0.638 bits per heavy atom. The number of carbonyl (C=O) groups excluding carboxylic acids is 3. The van der Waals surface area contributed by atoms with Crippen molar-refractivity contribution in [1.82, 2.24) is 0 Å². The van der Waals surface area contributed by atoms with Crippen LogP contribution >= 0.6 is 0 Å². The topological polar surface area (TPSA) is 62.5 Å². The summed E-state index contributed by atoms with van der Waals surface area (Å²) in [4.78, 5) is 36.9. The fraction of sp³-hybridized carbons (Fsp3) is 0.327. The highest BCUT2D eigenvalue weighted by atomic mass is 16.1. The Hall–Kier alpha value is -5.59. The Morgan fingerprint density at radius 3 is 1.69 bits per heavy atom. The summed E-state index contributed by atoms with van der Waals surface area (Å²) in [5.74, 6) is 0.0976. The van der Waals surface area contributed by atoms with Crippen LogP contribution in [0.4, 0.5) is 0 Å². The van der Waals surface area contributed by atoms with Crippen LogP contribution in [0.25, 0.3) is 0 Å². The first-order chi connectivity index (χ1) is 28.3. The van der Waals surface area contributed by atoms with Gasteiger partial charge in [0.05, 0.1) is 13.2 Å². The van der Waals surface area contributed by atoms with E-state index in [0.29, 0.717) is 16.7 Å². The molecule has 6 atom stereocenters. The van der Waals surface area contributed by atoms with Crippen molar-refractivity contribution < 1.29 is 28.4 Å². The number of nitrogens with one attached hydrogen (secondary N) is 1. The number of quaternary nitrogens is 1. The van der Waals surface area contributed by atoms with Crippen molar-refractivity contribution in [2.75, 3.05) is 20.6 Å². The van der Waals surface area contributed by atoms with E-state index >= 15 is 0 Å². The zero-order valence-electron chi connectivity index (χ0n) is 35.8. The van der Waals surface area contributed by atoms with Crippen molar-refractivity contribution in [2.24, 2.45) is 18.9 Å². The molecule has 3 aromatic carbocycles. The third-order valence-electron chi connectivity index (χ3n) is 11.3. The van der Waals surface area contributed by atoms with Gasteiger partial charge in [-0.25, -0.2) is 9.14 Å². The van der Waals surface area contributed by atoms with Crippen LogP contribution in [0.2, 0.25) is 0 Å². The number of pyridine rings is 1. The maximum Gasteiger partial charge on any atom is 0.168 e. The minimum atomic E-state index is -0.0567. The smallest absolute Gasteiger partial charge is 0.168 e. The molecule has 0 fully saturated rings. The highest BCUT2D eigenvalue weighted by Gasteiger charge is 2.42. The van der Waals surface area contributed by atoms with Gasteiger partial charge in [-0.05, 0) is 89.3 Å². The molecule has 0 saturated heterocycles. The number of hydrogen-bond acceptors (Lipinski definition) is 3. The number of aldehydes is 3. The zero-order chi connectivity index (χ0) is 42.0. The number of aryl methyl sites for hydroxylation is 1. The molecule has 4 aromatic rings. The molecule has 6 heteroatoms. The lowest BCUT2D eigenvalue weighted by Crippen LogP contribution is -3.03. The first-order valence-electron chi connectivity index (χ1n) is 21.0. The number of benzene rings is 3. The van der Waals surface area contributed by atoms with Crippen molar-refractivity contribution in [2.45, 2.75) is 71.6 Å². The van der Waals surface area contributed by atoms with E-state index in [1.807, 2.05) is 64.1 Å². The van der Waals surface area contributed by atoms with Gasteiger partial charge in [-0.1, -0.05) is 119 Å². The van der Waals surface area contributed by atoms with Gasteiger partial charge in [-0.3, -0.25) is 14.4 Å². The molecular weight excluding hydrogens is 715 g/mol. The highest BCUT2D eigenvalue weighted by molar-refractivity contribution is 5.76. The van der Waals surface area contributed by atoms with Gasteiger partial charge in [-0.2, -0.15) is 0 Å². The van der Waals surface area contributed by atoms with Gasteiger partial charge in [0.1, 0.15) is 39.5 Å². The molecule has 302 valence electrons. The van der Waals surface area contributed by atoms with Crippen LogP contribution in [-0.2, 0) is 13.5 Å². The van der Waals surface area contributed by atoms with Gasteiger partial charge in [0.25, 0.3) is 0 Å². The Kier molecular flexibility index (Phi) is 17.9. The Morgan fingerprint density at radius 2 is 1.14 bits per heavy atom. The largest absolute Gasteiger partial charge is 0.308 e. The number of allylic oxidation sites excluding steroid dienone is 5. The fourth-order valence-electron chi connectivity index (χ4n) is 8.34. The molecule has 0 amide bonds. The number of carbonyl (C=O) groups is 3. The lowest BCUT2D eigenvalue weighted by Gasteiger charge is -2.43. The van der Waals surface area contributed by atoms with Gasteiger partial charge in [-0.15, -0.1) is 0 Å². The second kappa shape index (κ2) is 23.0. The quantitative estimate of drug-likeness (QED) is 0.0790. The van der Waals surface area contributed by atoms with Crippen LogP contribution in [0.1, 0.15) is 119 Å². The normalized spacial score (nSPS) is 17.4. The lowest BCUT2D eigenvalue weighted by molar-refractivity contribution is -0.817. The molecule has 6 rings (SSSR count). The van der Waals surface area contributed by atoms with Gasteiger partial charge in [0.2, 0.25) is 0 Å². The molecule has 58 heavy (non-hydrogen) atoms. The number of hydrogen-bond donors (Lipinski definition) is 1. The lowest BCUT2D eigenvalue weighted by atomic mass is 9.60. The second-order valence-corrected chi connectivity index (χ2v) is 15.0. The summed E-state index contributed by atoms with van der Waals surface area (Å²) < 4.78 is 4.18. The van der Waals surface area contributed by atoms with E-state index in [-0.39, 0.29) is 29.6 Å². The SMILES string of the molecule is CC.CC.CC(C1=CC[NH+](C)C=CC1)C(c1ccc(C=O)cc1)C(c1ccc(C=O)cc1)C(c1cc[n+](C)cc1)C(Cc1ccc(C=O)cc1)C1=CC=[N+](C)C=CC1. The zero-order valence-corrected chi connectivity index (χ0v) is 35.8. The number of nitrogens with zero attached hydrogens (tertiary/aromatic N) is 2. The van der Waals surface area contributed by atoms with Crippen LogP contribution < -0.4 is 9.47 Å². The Balaban J connectivity index is 0.00000180. The molecule has 6 unspecified atom stereocenters. The Bertz CT molecular complexity index is 2070. The van der Waals surface area contributed by atoms with Crippen molar-refractivity contribution in [3.63, 3.8) is 0 Å². The predicted molar refractivity (Wildman–Crippen MR) is 238 cm³/mol. The van der Waals surface area contributed by atoms with E-state index in [9.17, 15) is 14.4 Å². The molecule has 0 aliphatic carbocycles. The van der Waals surface area contributed by atoms with E-state index < -0.39 is 0 Å². The molecular formula is C52H64N3O3+3. The van der Waals surface area contributed by atoms with Crippen molar-refractivity contribution >= 4 is 25.1 Å². The third-order valence-corrected chi connectivity index (χ3v) is 11.3. The van der Waals surface area contributed by atoms with Crippen LogP contribution in [0, 0.1) is 11.8 Å². The van der Waals surface area contributed by atoms with Crippen LogP contribution in [0.5, 0.6) is 0 Å². The molecule has 6 nitrogen and oxygen atoms in total. The molecule has 1 aromatic heterocycles. The molecule has 3 heterocycles. The van der Waals surface area contributed by atoms with Crippen LogP contribution in [-0.4, -0.2) is 50.3 Å².